The molecule has 194 valence electrons. The Bertz CT molecular complexity index is 1450. The number of Topliss-reactive ketones (excluding diaryl/α,β-unsaturated/α-hetero) is 1. The molecule has 0 unspecified atom stereocenters. The van der Waals surface area contributed by atoms with Gasteiger partial charge in [-0.05, 0) is 69.7 Å². The van der Waals surface area contributed by atoms with Gasteiger partial charge in [0.25, 0.3) is 15.7 Å². The van der Waals surface area contributed by atoms with Gasteiger partial charge in [-0.15, -0.1) is 0 Å². The molecule has 2 atom stereocenters. The molecule has 0 radical (unpaired) electrons. The Morgan fingerprint density at radius 3 is 2.14 bits per heavy atom. The standard InChI is InChI=1S/C28H28FNO6S/c1-18-10-16-21(17-11-18)37(33,34)30-23-9-7-6-8-22(23)25(31)28(29,26(32)36-27(2,3)4)24(30)19-12-14-20(35-5)15-13-19/h6-17,24H,1-5H3/t24-,28-/m1/s1. The first kappa shape index (κ1) is 26.3. The number of nitrogens with zero attached hydrogens (tertiary/aromatic N) is 1. The zero-order valence-corrected chi connectivity index (χ0v) is 22.0. The van der Waals surface area contributed by atoms with E-state index in [1.54, 1.807) is 45.9 Å². The molecule has 0 aromatic heterocycles. The lowest BCUT2D eigenvalue weighted by molar-refractivity contribution is -0.167. The summed E-state index contributed by atoms with van der Waals surface area (Å²) in [6.45, 7) is 6.43. The predicted octanol–water partition coefficient (Wildman–Crippen LogP) is 5.19. The quantitative estimate of drug-likeness (QED) is 0.337. The van der Waals surface area contributed by atoms with Crippen LogP contribution in [-0.2, 0) is 19.6 Å². The van der Waals surface area contributed by atoms with E-state index in [0.29, 0.717) is 5.75 Å². The Labute approximate surface area is 215 Å². The summed E-state index contributed by atoms with van der Waals surface area (Å²) in [4.78, 5) is 27.0. The summed E-state index contributed by atoms with van der Waals surface area (Å²) in [7, 11) is -3.03. The number of para-hydroxylation sites is 1. The van der Waals surface area contributed by atoms with E-state index >= 15 is 4.39 Å². The van der Waals surface area contributed by atoms with Crippen LogP contribution in [0, 0.1) is 6.92 Å². The van der Waals surface area contributed by atoms with Crippen molar-refractivity contribution in [2.45, 2.75) is 49.9 Å². The number of anilines is 1. The summed E-state index contributed by atoms with van der Waals surface area (Å²) < 4.78 is 57.0. The van der Waals surface area contributed by atoms with E-state index < -0.39 is 39.1 Å². The highest BCUT2D eigenvalue weighted by Gasteiger charge is 2.63. The van der Waals surface area contributed by atoms with Crippen LogP contribution in [0.1, 0.15) is 48.3 Å². The van der Waals surface area contributed by atoms with Crippen LogP contribution in [0.3, 0.4) is 0 Å². The Morgan fingerprint density at radius 1 is 0.973 bits per heavy atom. The third-order valence-electron chi connectivity index (χ3n) is 6.03. The van der Waals surface area contributed by atoms with Crippen molar-refractivity contribution in [2.24, 2.45) is 0 Å². The molecule has 4 rings (SSSR count). The maximum absolute atomic E-state index is 17.3. The van der Waals surface area contributed by atoms with Gasteiger partial charge < -0.3 is 9.47 Å². The largest absolute Gasteiger partial charge is 0.497 e. The summed E-state index contributed by atoms with van der Waals surface area (Å²) in [6.07, 6.45) is 0. The van der Waals surface area contributed by atoms with Gasteiger partial charge in [0.1, 0.15) is 17.4 Å². The van der Waals surface area contributed by atoms with Crippen molar-refractivity contribution in [1.29, 1.82) is 0 Å². The van der Waals surface area contributed by atoms with Gasteiger partial charge in [-0.3, -0.25) is 9.10 Å². The molecule has 3 aromatic rings. The fourth-order valence-corrected chi connectivity index (χ4v) is 5.95. The van der Waals surface area contributed by atoms with E-state index in [1.807, 2.05) is 0 Å². The zero-order chi connectivity index (χ0) is 27.2. The van der Waals surface area contributed by atoms with Crippen molar-refractivity contribution < 1.29 is 31.9 Å². The number of halogens is 1. The second-order valence-electron chi connectivity index (χ2n) is 9.85. The highest BCUT2D eigenvalue weighted by atomic mass is 32.2. The van der Waals surface area contributed by atoms with E-state index in [9.17, 15) is 18.0 Å². The lowest BCUT2D eigenvalue weighted by Gasteiger charge is -2.44. The molecule has 0 spiro atoms. The number of sulfonamides is 1. The fourth-order valence-electron chi connectivity index (χ4n) is 4.28. The second-order valence-corrected chi connectivity index (χ2v) is 11.7. The van der Waals surface area contributed by atoms with Crippen LogP contribution in [0.25, 0.3) is 0 Å². The number of esters is 1. The van der Waals surface area contributed by atoms with Gasteiger partial charge in [0.05, 0.1) is 17.7 Å². The number of ether oxygens (including phenoxy) is 2. The maximum atomic E-state index is 17.3. The molecule has 7 nitrogen and oxygen atoms in total. The minimum absolute atomic E-state index is 0.0364. The van der Waals surface area contributed by atoms with Crippen LogP contribution >= 0.6 is 0 Å². The van der Waals surface area contributed by atoms with Crippen LogP contribution in [0.15, 0.2) is 77.7 Å². The minimum Gasteiger partial charge on any atom is -0.497 e. The Kier molecular flexibility index (Phi) is 6.62. The Morgan fingerprint density at radius 2 is 1.57 bits per heavy atom. The van der Waals surface area contributed by atoms with Crippen molar-refractivity contribution in [3.63, 3.8) is 0 Å². The first-order chi connectivity index (χ1) is 17.3. The van der Waals surface area contributed by atoms with Crippen LogP contribution in [0.4, 0.5) is 10.1 Å². The number of carbonyl (C=O) groups excluding carboxylic acids is 2. The summed E-state index contributed by atoms with van der Waals surface area (Å²) in [5.41, 5.74) is -3.89. The van der Waals surface area contributed by atoms with E-state index in [4.69, 9.17) is 9.47 Å². The number of carbonyl (C=O) groups is 2. The smallest absolute Gasteiger partial charge is 0.355 e. The van der Waals surface area contributed by atoms with E-state index in [2.05, 4.69) is 0 Å². The summed E-state index contributed by atoms with van der Waals surface area (Å²) >= 11 is 0. The normalized spacial score (nSPS) is 19.8. The van der Waals surface area contributed by atoms with Gasteiger partial charge in [0.15, 0.2) is 0 Å². The monoisotopic (exact) mass is 525 g/mol. The van der Waals surface area contributed by atoms with Crippen molar-refractivity contribution in [1.82, 2.24) is 0 Å². The first-order valence-electron chi connectivity index (χ1n) is 11.6. The molecule has 0 saturated heterocycles. The molecule has 1 aliphatic heterocycles. The van der Waals surface area contributed by atoms with Crippen molar-refractivity contribution in [3.05, 3.63) is 89.5 Å². The van der Waals surface area contributed by atoms with E-state index in [0.717, 1.165) is 9.87 Å². The molecule has 0 fully saturated rings. The number of rotatable bonds is 5. The highest BCUT2D eigenvalue weighted by molar-refractivity contribution is 7.92. The number of aryl methyl sites for hydroxylation is 1. The van der Waals surface area contributed by atoms with Crippen LogP contribution < -0.4 is 9.04 Å². The molecule has 3 aromatic carbocycles. The third kappa shape index (κ3) is 4.59. The number of hydrogen-bond acceptors (Lipinski definition) is 6. The van der Waals surface area contributed by atoms with Gasteiger partial charge in [-0.2, -0.15) is 0 Å². The molecule has 0 saturated carbocycles. The fraction of sp³-hybridized carbons (Fsp3) is 0.286. The third-order valence-corrected chi connectivity index (χ3v) is 7.83. The first-order valence-corrected chi connectivity index (χ1v) is 13.1. The van der Waals surface area contributed by atoms with Crippen LogP contribution in [-0.4, -0.2) is 38.5 Å². The van der Waals surface area contributed by atoms with Crippen molar-refractivity contribution >= 4 is 27.5 Å². The molecular formula is C28H28FNO6S. The molecule has 1 heterocycles. The lowest BCUT2D eigenvalue weighted by atomic mass is 9.79. The number of benzene rings is 3. The van der Waals surface area contributed by atoms with Crippen LogP contribution in [0.5, 0.6) is 5.75 Å². The molecule has 0 bridgehead atoms. The SMILES string of the molecule is COc1ccc([C@H]2N(S(=O)(=O)c3ccc(C)cc3)c3ccccc3C(=O)[C@@]2(F)C(=O)OC(C)(C)C)cc1. The minimum atomic E-state index is -4.47. The average Bonchev–Trinajstić information content (AvgIpc) is 2.85. The van der Waals surface area contributed by atoms with Gasteiger partial charge >= 0.3 is 5.97 Å². The average molecular weight is 526 g/mol. The number of hydrogen-bond donors (Lipinski definition) is 0. The lowest BCUT2D eigenvalue weighted by Crippen LogP contribution is -2.60. The molecular weight excluding hydrogens is 497 g/mol. The maximum Gasteiger partial charge on any atom is 0.355 e. The molecule has 0 amide bonds. The summed E-state index contributed by atoms with van der Waals surface area (Å²) in [6, 6.07) is 15.8. The number of methoxy groups -OCH3 is 1. The van der Waals surface area contributed by atoms with Crippen molar-refractivity contribution in [2.75, 3.05) is 11.4 Å². The molecule has 9 heteroatoms. The molecule has 1 aliphatic rings. The number of fused-ring (bicyclic) bond motifs is 1. The molecule has 0 N–H and O–H groups in total. The summed E-state index contributed by atoms with van der Waals surface area (Å²) in [5.74, 6) is -2.21. The number of alkyl halides is 1. The Balaban J connectivity index is 2.06. The van der Waals surface area contributed by atoms with Gasteiger partial charge in [-0.25, -0.2) is 17.6 Å². The van der Waals surface area contributed by atoms with Crippen molar-refractivity contribution in [3.8, 4) is 5.75 Å². The van der Waals surface area contributed by atoms with Gasteiger partial charge in [0, 0.05) is 5.56 Å². The highest BCUT2D eigenvalue weighted by Crippen LogP contribution is 2.50. The second kappa shape index (κ2) is 9.30. The molecule has 0 aliphatic carbocycles. The summed E-state index contributed by atoms with van der Waals surface area (Å²) in [5, 5.41) is 0. The predicted molar refractivity (Wildman–Crippen MR) is 137 cm³/mol. The van der Waals surface area contributed by atoms with E-state index in [-0.39, 0.29) is 21.7 Å². The topological polar surface area (TPSA) is 90.0 Å². The Hall–Kier alpha value is -3.72. The van der Waals surface area contributed by atoms with E-state index in [1.165, 1.54) is 61.7 Å². The van der Waals surface area contributed by atoms with Gasteiger partial charge in [0.2, 0.25) is 5.78 Å². The number of ketones is 1. The van der Waals surface area contributed by atoms with Crippen LogP contribution in [0.2, 0.25) is 0 Å². The molecule has 37 heavy (non-hydrogen) atoms. The van der Waals surface area contributed by atoms with Gasteiger partial charge in [-0.1, -0.05) is 42.0 Å². The zero-order valence-electron chi connectivity index (χ0n) is 21.2.